The molecule has 3 nitrogen and oxygen atoms in total. The Balaban J connectivity index is 1.71. The number of phenols is 1. The van der Waals surface area contributed by atoms with Crippen LogP contribution in [0.4, 0.5) is 5.69 Å². The summed E-state index contributed by atoms with van der Waals surface area (Å²) >= 11 is 0. The lowest BCUT2D eigenvalue weighted by Crippen LogP contribution is -2.43. The van der Waals surface area contributed by atoms with Crippen molar-refractivity contribution in [1.29, 1.82) is 0 Å². The van der Waals surface area contributed by atoms with Gasteiger partial charge in [-0.3, -0.25) is 0 Å². The van der Waals surface area contributed by atoms with E-state index in [2.05, 4.69) is 16.7 Å². The zero-order chi connectivity index (χ0) is 13.9. The maximum Gasteiger partial charge on any atom is 0.118 e. The minimum atomic E-state index is 0.383. The number of hydrogen-bond donors (Lipinski definition) is 3. The molecule has 2 aliphatic rings. The Morgan fingerprint density at radius 3 is 2.75 bits per heavy atom. The van der Waals surface area contributed by atoms with E-state index < -0.39 is 0 Å². The van der Waals surface area contributed by atoms with Crippen LogP contribution in [0.1, 0.15) is 44.1 Å². The van der Waals surface area contributed by atoms with Gasteiger partial charge in [0.25, 0.3) is 0 Å². The molecule has 3 N–H and O–H groups in total. The van der Waals surface area contributed by atoms with E-state index in [1.54, 1.807) is 6.07 Å². The van der Waals surface area contributed by atoms with Gasteiger partial charge in [-0.2, -0.15) is 0 Å². The summed E-state index contributed by atoms with van der Waals surface area (Å²) in [5.41, 5.74) is 2.09. The third-order valence-corrected chi connectivity index (χ3v) is 4.98. The molecule has 1 saturated carbocycles. The van der Waals surface area contributed by atoms with E-state index in [4.69, 9.17) is 0 Å². The fraction of sp³-hybridized carbons (Fsp3) is 0.647. The molecule has 3 heteroatoms. The van der Waals surface area contributed by atoms with Crippen molar-refractivity contribution in [1.82, 2.24) is 5.32 Å². The monoisotopic (exact) mass is 274 g/mol. The Hall–Kier alpha value is -1.22. The minimum absolute atomic E-state index is 0.383. The highest BCUT2D eigenvalue weighted by Gasteiger charge is 2.33. The topological polar surface area (TPSA) is 44.3 Å². The van der Waals surface area contributed by atoms with E-state index in [1.807, 2.05) is 13.0 Å². The van der Waals surface area contributed by atoms with Crippen molar-refractivity contribution < 1.29 is 5.11 Å². The van der Waals surface area contributed by atoms with Gasteiger partial charge in [-0.05, 0) is 68.8 Å². The number of aryl methyl sites for hydroxylation is 1. The highest BCUT2D eigenvalue weighted by Crippen LogP contribution is 2.33. The van der Waals surface area contributed by atoms with Crippen LogP contribution in [-0.4, -0.2) is 23.7 Å². The number of aromatic hydroxyl groups is 1. The average molecular weight is 274 g/mol. The first-order chi connectivity index (χ1) is 9.74. The van der Waals surface area contributed by atoms with Crippen LogP contribution in [0.15, 0.2) is 18.2 Å². The zero-order valence-corrected chi connectivity index (χ0v) is 12.4. The van der Waals surface area contributed by atoms with E-state index in [-0.39, 0.29) is 0 Å². The summed E-state index contributed by atoms with van der Waals surface area (Å²) in [6.07, 6.45) is 7.96. The molecule has 20 heavy (non-hydrogen) atoms. The van der Waals surface area contributed by atoms with E-state index >= 15 is 0 Å². The predicted octanol–water partition coefficient (Wildman–Crippen LogP) is 3.42. The third-order valence-electron chi connectivity index (χ3n) is 4.98. The van der Waals surface area contributed by atoms with Crippen molar-refractivity contribution in [3.8, 4) is 5.75 Å². The SMILES string of the molecule is Cc1cc(NC2CCCCC2C2CCCN2)ccc1O. The molecule has 2 fully saturated rings. The Bertz CT molecular complexity index is 454. The van der Waals surface area contributed by atoms with E-state index in [0.29, 0.717) is 17.8 Å². The molecule has 0 radical (unpaired) electrons. The molecule has 110 valence electrons. The fourth-order valence-corrected chi connectivity index (χ4v) is 3.86. The molecular formula is C17H26N2O. The number of anilines is 1. The quantitative estimate of drug-likeness (QED) is 0.740. The van der Waals surface area contributed by atoms with Gasteiger partial charge < -0.3 is 15.7 Å². The van der Waals surface area contributed by atoms with Crippen LogP contribution >= 0.6 is 0 Å². The first-order valence-electron chi connectivity index (χ1n) is 8.03. The highest BCUT2D eigenvalue weighted by molar-refractivity contribution is 5.51. The van der Waals surface area contributed by atoms with Crippen LogP contribution < -0.4 is 10.6 Å². The molecule has 3 rings (SSSR count). The summed E-state index contributed by atoms with van der Waals surface area (Å²) in [5.74, 6) is 1.13. The van der Waals surface area contributed by atoms with Crippen LogP contribution in [0, 0.1) is 12.8 Å². The Kier molecular flexibility index (Phi) is 4.16. The molecule has 0 spiro atoms. The summed E-state index contributed by atoms with van der Waals surface area (Å²) in [4.78, 5) is 0. The first kappa shape index (κ1) is 13.7. The minimum Gasteiger partial charge on any atom is -0.508 e. The number of phenolic OH excluding ortho intramolecular Hbond substituents is 1. The summed E-state index contributed by atoms with van der Waals surface area (Å²) < 4.78 is 0. The molecule has 1 aromatic rings. The van der Waals surface area contributed by atoms with Gasteiger partial charge in [0.15, 0.2) is 0 Å². The third kappa shape index (κ3) is 2.93. The van der Waals surface area contributed by atoms with Gasteiger partial charge in [0.2, 0.25) is 0 Å². The van der Waals surface area contributed by atoms with Crippen LogP contribution in [0.3, 0.4) is 0 Å². The largest absolute Gasteiger partial charge is 0.508 e. The average Bonchev–Trinajstić information content (AvgIpc) is 2.97. The summed E-state index contributed by atoms with van der Waals surface area (Å²) in [6.45, 7) is 3.14. The van der Waals surface area contributed by atoms with Gasteiger partial charge >= 0.3 is 0 Å². The molecule has 0 bridgehead atoms. The van der Waals surface area contributed by atoms with Crippen LogP contribution in [-0.2, 0) is 0 Å². The molecule has 0 aromatic heterocycles. The maximum atomic E-state index is 9.64. The molecule has 1 heterocycles. The maximum absolute atomic E-state index is 9.64. The van der Waals surface area contributed by atoms with E-state index in [0.717, 1.165) is 17.2 Å². The van der Waals surface area contributed by atoms with Gasteiger partial charge in [-0.25, -0.2) is 0 Å². The van der Waals surface area contributed by atoms with Crippen molar-refractivity contribution in [2.24, 2.45) is 5.92 Å². The zero-order valence-electron chi connectivity index (χ0n) is 12.4. The van der Waals surface area contributed by atoms with Gasteiger partial charge in [0, 0.05) is 17.8 Å². The van der Waals surface area contributed by atoms with Gasteiger partial charge in [0.1, 0.15) is 5.75 Å². The van der Waals surface area contributed by atoms with Gasteiger partial charge in [-0.15, -0.1) is 0 Å². The second-order valence-electron chi connectivity index (χ2n) is 6.40. The molecule has 1 aromatic carbocycles. The van der Waals surface area contributed by atoms with Crippen LogP contribution in [0.25, 0.3) is 0 Å². The highest BCUT2D eigenvalue weighted by atomic mass is 16.3. The molecule has 1 aliphatic heterocycles. The number of nitrogens with one attached hydrogen (secondary N) is 2. The van der Waals surface area contributed by atoms with Gasteiger partial charge in [0.05, 0.1) is 0 Å². The van der Waals surface area contributed by atoms with Crippen molar-refractivity contribution in [2.45, 2.75) is 57.5 Å². The number of benzene rings is 1. The van der Waals surface area contributed by atoms with Crippen molar-refractivity contribution in [2.75, 3.05) is 11.9 Å². The molecule has 3 unspecified atom stereocenters. The van der Waals surface area contributed by atoms with E-state index in [1.165, 1.54) is 45.1 Å². The Labute approximate surface area is 121 Å². The number of hydrogen-bond acceptors (Lipinski definition) is 3. The standard InChI is InChI=1S/C17H26N2O/c1-12-11-13(8-9-17(12)20)19-16-6-3-2-5-14(16)15-7-4-10-18-15/h8-9,11,14-16,18-20H,2-7,10H2,1H3. The normalized spacial score (nSPS) is 30.4. The molecule has 1 aliphatic carbocycles. The Morgan fingerprint density at radius 2 is 2.00 bits per heavy atom. The van der Waals surface area contributed by atoms with Crippen molar-refractivity contribution >= 4 is 5.69 Å². The second-order valence-corrected chi connectivity index (χ2v) is 6.40. The predicted molar refractivity (Wildman–Crippen MR) is 83.2 cm³/mol. The lowest BCUT2D eigenvalue weighted by atomic mass is 9.79. The molecule has 3 atom stereocenters. The second kappa shape index (κ2) is 6.04. The van der Waals surface area contributed by atoms with Crippen LogP contribution in [0.2, 0.25) is 0 Å². The lowest BCUT2D eigenvalue weighted by Gasteiger charge is -2.37. The first-order valence-corrected chi connectivity index (χ1v) is 8.03. The summed E-state index contributed by atoms with van der Waals surface area (Å²) in [5, 5.41) is 17.0. The van der Waals surface area contributed by atoms with E-state index in [9.17, 15) is 5.11 Å². The van der Waals surface area contributed by atoms with Crippen molar-refractivity contribution in [3.63, 3.8) is 0 Å². The molecular weight excluding hydrogens is 248 g/mol. The molecule has 0 amide bonds. The van der Waals surface area contributed by atoms with Crippen molar-refractivity contribution in [3.05, 3.63) is 23.8 Å². The lowest BCUT2D eigenvalue weighted by molar-refractivity contribution is 0.263. The molecule has 1 saturated heterocycles. The smallest absolute Gasteiger partial charge is 0.118 e. The fourth-order valence-electron chi connectivity index (χ4n) is 3.86. The summed E-state index contributed by atoms with van der Waals surface area (Å²) in [6, 6.07) is 7.12. The number of rotatable bonds is 3. The summed E-state index contributed by atoms with van der Waals surface area (Å²) in [7, 11) is 0. The Morgan fingerprint density at radius 1 is 1.15 bits per heavy atom. The van der Waals surface area contributed by atoms with Crippen LogP contribution in [0.5, 0.6) is 5.75 Å². The van der Waals surface area contributed by atoms with Gasteiger partial charge in [-0.1, -0.05) is 12.8 Å².